The lowest BCUT2D eigenvalue weighted by Crippen LogP contribution is -2.28. The minimum Gasteiger partial charge on any atom is -0.387 e. The molecule has 0 unspecified atom stereocenters. The van der Waals surface area contributed by atoms with Gasteiger partial charge in [0, 0.05) is 17.8 Å². The van der Waals surface area contributed by atoms with Crippen molar-refractivity contribution in [3.8, 4) is 18.2 Å². The third-order valence-electron chi connectivity index (χ3n) is 3.42. The van der Waals surface area contributed by atoms with Crippen LogP contribution in [0.5, 0.6) is 0 Å². The summed E-state index contributed by atoms with van der Waals surface area (Å²) in [5.41, 5.74) is 1.95. The second-order valence-electron chi connectivity index (χ2n) is 5.84. The number of hydrogen-bond acceptors (Lipinski definition) is 4. The third kappa shape index (κ3) is 3.62. The largest absolute Gasteiger partial charge is 0.387 e. The van der Waals surface area contributed by atoms with Crippen molar-refractivity contribution < 1.29 is 0 Å². The minimum atomic E-state index is -0.0524. The van der Waals surface area contributed by atoms with Gasteiger partial charge in [-0.25, -0.2) is 0 Å². The minimum absolute atomic E-state index is 0.0524. The molecule has 0 aromatic heterocycles. The first-order chi connectivity index (χ1) is 9.49. The molecule has 1 aliphatic carbocycles. The summed E-state index contributed by atoms with van der Waals surface area (Å²) in [6, 6.07) is 6.01. The van der Waals surface area contributed by atoms with E-state index in [1.165, 1.54) is 0 Å². The van der Waals surface area contributed by atoms with Gasteiger partial charge < -0.3 is 5.32 Å². The van der Waals surface area contributed by atoms with Gasteiger partial charge in [0.15, 0.2) is 0 Å². The van der Waals surface area contributed by atoms with Crippen molar-refractivity contribution >= 4 is 0 Å². The first kappa shape index (κ1) is 15.8. The number of rotatable bonds is 4. The summed E-state index contributed by atoms with van der Waals surface area (Å²) in [5.74, 6) is 0. The van der Waals surface area contributed by atoms with Crippen LogP contribution in [0, 0.1) is 39.4 Å². The van der Waals surface area contributed by atoms with Crippen molar-refractivity contribution in [2.45, 2.75) is 46.5 Å². The van der Waals surface area contributed by atoms with Crippen molar-refractivity contribution in [2.24, 2.45) is 5.41 Å². The van der Waals surface area contributed by atoms with Gasteiger partial charge in [-0.2, -0.15) is 15.8 Å². The Bertz CT molecular complexity index is 543. The van der Waals surface area contributed by atoms with E-state index in [-0.39, 0.29) is 11.0 Å². The van der Waals surface area contributed by atoms with Gasteiger partial charge in [-0.05, 0) is 24.7 Å². The van der Waals surface area contributed by atoms with E-state index < -0.39 is 0 Å². The van der Waals surface area contributed by atoms with Gasteiger partial charge in [-0.1, -0.05) is 27.2 Å². The lowest BCUT2D eigenvalue weighted by atomic mass is 9.73. The summed E-state index contributed by atoms with van der Waals surface area (Å²) in [7, 11) is 0. The highest BCUT2D eigenvalue weighted by Crippen LogP contribution is 2.41. The van der Waals surface area contributed by atoms with Gasteiger partial charge in [0.05, 0.1) is 5.57 Å². The Morgan fingerprint density at radius 1 is 1.20 bits per heavy atom. The van der Waals surface area contributed by atoms with E-state index in [0.29, 0.717) is 17.6 Å². The lowest BCUT2D eigenvalue weighted by Gasteiger charge is -2.33. The molecule has 20 heavy (non-hydrogen) atoms. The summed E-state index contributed by atoms with van der Waals surface area (Å²) < 4.78 is 0. The van der Waals surface area contributed by atoms with Gasteiger partial charge in [0.2, 0.25) is 0 Å². The smallest absolute Gasteiger partial charge is 0.134 e. The van der Waals surface area contributed by atoms with Crippen LogP contribution in [0.15, 0.2) is 22.4 Å². The molecule has 4 nitrogen and oxygen atoms in total. The predicted molar refractivity (Wildman–Crippen MR) is 76.8 cm³/mol. The summed E-state index contributed by atoms with van der Waals surface area (Å²) in [5, 5.41) is 30.9. The van der Waals surface area contributed by atoms with Crippen molar-refractivity contribution in [2.75, 3.05) is 6.54 Å². The maximum Gasteiger partial charge on any atom is 0.134 e. The topological polar surface area (TPSA) is 83.4 Å². The maximum atomic E-state index is 9.40. The number of allylic oxidation sites excluding steroid dienone is 4. The standard InChI is InChI=1S/C16H20N4/c1-4-5-6-20-15-8-16(2,3)7-13(14(15)11-19)12(9-17)10-18/h20H,4-8H2,1-3H3. The van der Waals surface area contributed by atoms with Crippen LogP contribution >= 0.6 is 0 Å². The van der Waals surface area contributed by atoms with Crippen molar-refractivity contribution in [1.82, 2.24) is 5.32 Å². The number of unbranched alkanes of at least 4 members (excludes halogenated alkanes) is 1. The van der Waals surface area contributed by atoms with Crippen LogP contribution < -0.4 is 5.32 Å². The molecule has 1 aliphatic rings. The van der Waals surface area contributed by atoms with E-state index in [4.69, 9.17) is 10.5 Å². The van der Waals surface area contributed by atoms with Crippen molar-refractivity contribution in [3.63, 3.8) is 0 Å². The first-order valence-electron chi connectivity index (χ1n) is 6.90. The second-order valence-corrected chi connectivity index (χ2v) is 5.84. The Morgan fingerprint density at radius 2 is 1.85 bits per heavy atom. The zero-order chi connectivity index (χ0) is 15.2. The Labute approximate surface area is 121 Å². The summed E-state index contributed by atoms with van der Waals surface area (Å²) in [6.07, 6.45) is 3.47. The maximum absolute atomic E-state index is 9.40. The summed E-state index contributed by atoms with van der Waals surface area (Å²) in [6.45, 7) is 7.11. The molecule has 4 heteroatoms. The van der Waals surface area contributed by atoms with Gasteiger partial charge in [0.25, 0.3) is 0 Å². The average Bonchev–Trinajstić information content (AvgIpc) is 2.39. The van der Waals surface area contributed by atoms with Gasteiger partial charge in [-0.3, -0.25) is 0 Å². The van der Waals surface area contributed by atoms with Crippen LogP contribution in [0.2, 0.25) is 0 Å². The Balaban J connectivity index is 3.28. The van der Waals surface area contributed by atoms with E-state index in [9.17, 15) is 5.26 Å². The van der Waals surface area contributed by atoms with Gasteiger partial charge in [-0.15, -0.1) is 0 Å². The van der Waals surface area contributed by atoms with Crippen LogP contribution in [0.25, 0.3) is 0 Å². The second kappa shape index (κ2) is 6.78. The average molecular weight is 268 g/mol. The number of nitriles is 3. The van der Waals surface area contributed by atoms with E-state index in [2.05, 4.69) is 32.2 Å². The van der Waals surface area contributed by atoms with Crippen LogP contribution in [-0.4, -0.2) is 6.54 Å². The number of nitrogens with one attached hydrogen (secondary N) is 1. The zero-order valence-corrected chi connectivity index (χ0v) is 12.4. The first-order valence-corrected chi connectivity index (χ1v) is 6.90. The van der Waals surface area contributed by atoms with E-state index >= 15 is 0 Å². The van der Waals surface area contributed by atoms with Crippen LogP contribution in [0.1, 0.15) is 46.5 Å². The fourth-order valence-corrected chi connectivity index (χ4v) is 2.45. The van der Waals surface area contributed by atoms with E-state index in [0.717, 1.165) is 31.5 Å². The molecule has 0 atom stereocenters. The van der Waals surface area contributed by atoms with Crippen molar-refractivity contribution in [1.29, 1.82) is 15.8 Å². The normalized spacial score (nSPS) is 16.9. The van der Waals surface area contributed by atoms with Crippen molar-refractivity contribution in [3.05, 3.63) is 22.4 Å². The lowest BCUT2D eigenvalue weighted by molar-refractivity contribution is 0.338. The molecule has 0 aromatic carbocycles. The summed E-state index contributed by atoms with van der Waals surface area (Å²) in [4.78, 5) is 0. The predicted octanol–water partition coefficient (Wildman–Crippen LogP) is 3.32. The molecule has 0 fully saturated rings. The van der Waals surface area contributed by atoms with Gasteiger partial charge >= 0.3 is 0 Å². The Kier molecular flexibility index (Phi) is 5.36. The number of hydrogen-bond donors (Lipinski definition) is 1. The highest BCUT2D eigenvalue weighted by atomic mass is 14.9. The highest BCUT2D eigenvalue weighted by molar-refractivity contribution is 5.57. The molecule has 0 radical (unpaired) electrons. The Morgan fingerprint density at radius 3 is 2.35 bits per heavy atom. The molecule has 0 aromatic rings. The Hall–Kier alpha value is -2.25. The molecule has 0 heterocycles. The molecular formula is C16H20N4. The quantitative estimate of drug-likeness (QED) is 0.626. The number of nitrogens with zero attached hydrogens (tertiary/aromatic N) is 3. The van der Waals surface area contributed by atoms with E-state index in [1.54, 1.807) is 0 Å². The van der Waals surface area contributed by atoms with Crippen LogP contribution in [-0.2, 0) is 0 Å². The molecule has 1 N–H and O–H groups in total. The fourth-order valence-electron chi connectivity index (χ4n) is 2.45. The van der Waals surface area contributed by atoms with E-state index in [1.807, 2.05) is 12.1 Å². The molecule has 0 spiro atoms. The molecule has 0 saturated carbocycles. The highest BCUT2D eigenvalue weighted by Gasteiger charge is 2.32. The molecular weight excluding hydrogens is 248 g/mol. The summed E-state index contributed by atoms with van der Waals surface area (Å²) >= 11 is 0. The molecule has 104 valence electrons. The molecule has 0 aliphatic heterocycles. The van der Waals surface area contributed by atoms with Crippen LogP contribution in [0.3, 0.4) is 0 Å². The zero-order valence-electron chi connectivity index (χ0n) is 12.4. The van der Waals surface area contributed by atoms with Crippen LogP contribution in [0.4, 0.5) is 0 Å². The monoisotopic (exact) mass is 268 g/mol. The molecule has 0 bridgehead atoms. The fraction of sp³-hybridized carbons (Fsp3) is 0.562. The molecule has 1 rings (SSSR count). The molecule has 0 amide bonds. The third-order valence-corrected chi connectivity index (χ3v) is 3.42. The molecule has 0 saturated heterocycles. The SMILES string of the molecule is CCCCNC1=C(C#N)C(=C(C#N)C#N)CC(C)(C)C1. The van der Waals surface area contributed by atoms with Gasteiger partial charge in [0.1, 0.15) is 23.8 Å².